The molecule has 20 heavy (non-hydrogen) atoms. The van der Waals surface area contributed by atoms with Crippen molar-refractivity contribution in [3.05, 3.63) is 58.1 Å². The highest BCUT2D eigenvalue weighted by molar-refractivity contribution is 9.10. The fraction of sp³-hybridized carbons (Fsp3) is 0.188. The standard InChI is InChI=1S/C16H15BrO2S/c1-3-11-4-9-15(14(10-11)16(18)19-2)20-13-7-5-12(17)6-8-13/h4-10H,3H2,1-2H3. The minimum absolute atomic E-state index is 0.292. The third-order valence-corrected chi connectivity index (χ3v) is 4.51. The van der Waals surface area contributed by atoms with E-state index in [0.29, 0.717) is 5.56 Å². The predicted molar refractivity (Wildman–Crippen MR) is 85.4 cm³/mol. The summed E-state index contributed by atoms with van der Waals surface area (Å²) in [6.45, 7) is 2.07. The van der Waals surface area contributed by atoms with Crippen LogP contribution in [0.1, 0.15) is 22.8 Å². The Balaban J connectivity index is 2.35. The molecule has 0 aliphatic carbocycles. The molecular weight excluding hydrogens is 336 g/mol. The van der Waals surface area contributed by atoms with Crippen molar-refractivity contribution in [2.75, 3.05) is 7.11 Å². The first-order valence-corrected chi connectivity index (χ1v) is 7.89. The summed E-state index contributed by atoms with van der Waals surface area (Å²) in [5, 5.41) is 0. The Bertz CT molecular complexity index is 608. The van der Waals surface area contributed by atoms with Gasteiger partial charge in [-0.3, -0.25) is 0 Å². The molecular formula is C16H15BrO2S. The molecule has 2 aromatic carbocycles. The van der Waals surface area contributed by atoms with Gasteiger partial charge in [-0.25, -0.2) is 4.79 Å². The number of carbonyl (C=O) groups is 1. The zero-order valence-corrected chi connectivity index (χ0v) is 13.8. The maximum atomic E-state index is 11.9. The van der Waals surface area contributed by atoms with Crippen molar-refractivity contribution in [2.24, 2.45) is 0 Å². The minimum Gasteiger partial charge on any atom is -0.465 e. The Kier molecular flexibility index (Phi) is 5.26. The lowest BCUT2D eigenvalue weighted by Gasteiger charge is -2.09. The number of hydrogen-bond donors (Lipinski definition) is 0. The topological polar surface area (TPSA) is 26.3 Å². The van der Waals surface area contributed by atoms with Crippen molar-refractivity contribution in [1.82, 2.24) is 0 Å². The van der Waals surface area contributed by atoms with E-state index in [4.69, 9.17) is 4.74 Å². The van der Waals surface area contributed by atoms with Gasteiger partial charge in [0.2, 0.25) is 0 Å². The molecule has 0 atom stereocenters. The Morgan fingerprint density at radius 1 is 1.20 bits per heavy atom. The van der Waals surface area contributed by atoms with E-state index in [0.717, 1.165) is 26.2 Å². The van der Waals surface area contributed by atoms with Crippen LogP contribution in [-0.2, 0) is 11.2 Å². The SMILES string of the molecule is CCc1ccc(Sc2ccc(Br)cc2)c(C(=O)OC)c1. The van der Waals surface area contributed by atoms with Gasteiger partial charge in [-0.05, 0) is 48.4 Å². The third-order valence-electron chi connectivity index (χ3n) is 2.90. The molecule has 2 aromatic rings. The molecule has 104 valence electrons. The van der Waals surface area contributed by atoms with Gasteiger partial charge in [0, 0.05) is 14.3 Å². The molecule has 0 aliphatic heterocycles. The van der Waals surface area contributed by atoms with Crippen LogP contribution in [0, 0.1) is 0 Å². The Morgan fingerprint density at radius 3 is 2.50 bits per heavy atom. The van der Waals surface area contributed by atoms with Crippen LogP contribution in [0.4, 0.5) is 0 Å². The molecule has 0 saturated carbocycles. The van der Waals surface area contributed by atoms with E-state index in [1.807, 2.05) is 42.5 Å². The smallest absolute Gasteiger partial charge is 0.339 e. The van der Waals surface area contributed by atoms with E-state index in [1.54, 1.807) is 11.8 Å². The predicted octanol–water partition coefficient (Wildman–Crippen LogP) is 4.95. The van der Waals surface area contributed by atoms with Gasteiger partial charge in [-0.1, -0.05) is 40.7 Å². The van der Waals surface area contributed by atoms with Crippen LogP contribution in [0.2, 0.25) is 0 Å². The molecule has 0 aliphatic rings. The quantitative estimate of drug-likeness (QED) is 0.729. The van der Waals surface area contributed by atoms with Crippen molar-refractivity contribution in [2.45, 2.75) is 23.1 Å². The summed E-state index contributed by atoms with van der Waals surface area (Å²) in [7, 11) is 1.41. The second-order valence-electron chi connectivity index (χ2n) is 4.23. The van der Waals surface area contributed by atoms with Gasteiger partial charge in [-0.15, -0.1) is 0 Å². The number of halogens is 1. The van der Waals surface area contributed by atoms with E-state index in [-0.39, 0.29) is 5.97 Å². The first kappa shape index (κ1) is 15.1. The second-order valence-corrected chi connectivity index (χ2v) is 6.26. The molecule has 0 amide bonds. The molecule has 0 unspecified atom stereocenters. The highest BCUT2D eigenvalue weighted by Crippen LogP contribution is 2.32. The number of ether oxygens (including phenoxy) is 1. The monoisotopic (exact) mass is 350 g/mol. The number of esters is 1. The summed E-state index contributed by atoms with van der Waals surface area (Å²) in [4.78, 5) is 13.9. The van der Waals surface area contributed by atoms with Crippen LogP contribution in [-0.4, -0.2) is 13.1 Å². The fourth-order valence-corrected chi connectivity index (χ4v) is 2.96. The first-order chi connectivity index (χ1) is 9.63. The molecule has 0 spiro atoms. The van der Waals surface area contributed by atoms with Crippen molar-refractivity contribution in [1.29, 1.82) is 0 Å². The zero-order chi connectivity index (χ0) is 14.5. The van der Waals surface area contributed by atoms with E-state index in [9.17, 15) is 4.79 Å². The molecule has 4 heteroatoms. The lowest BCUT2D eigenvalue weighted by atomic mass is 10.1. The Morgan fingerprint density at radius 2 is 1.90 bits per heavy atom. The van der Waals surface area contributed by atoms with Crippen LogP contribution in [0.15, 0.2) is 56.7 Å². The van der Waals surface area contributed by atoms with Gasteiger partial charge in [0.1, 0.15) is 0 Å². The highest BCUT2D eigenvalue weighted by Gasteiger charge is 2.13. The van der Waals surface area contributed by atoms with Crippen molar-refractivity contribution in [3.63, 3.8) is 0 Å². The number of carbonyl (C=O) groups excluding carboxylic acids is 1. The number of hydrogen-bond acceptors (Lipinski definition) is 3. The molecule has 0 radical (unpaired) electrons. The van der Waals surface area contributed by atoms with Gasteiger partial charge < -0.3 is 4.74 Å². The summed E-state index contributed by atoms with van der Waals surface area (Å²) in [6, 6.07) is 14.0. The lowest BCUT2D eigenvalue weighted by Crippen LogP contribution is -2.04. The van der Waals surface area contributed by atoms with Gasteiger partial charge in [0.15, 0.2) is 0 Å². The van der Waals surface area contributed by atoms with Crippen molar-refractivity contribution >= 4 is 33.7 Å². The molecule has 0 heterocycles. The van der Waals surface area contributed by atoms with Crippen molar-refractivity contribution < 1.29 is 9.53 Å². The molecule has 2 rings (SSSR count). The molecule has 0 aromatic heterocycles. The van der Waals surface area contributed by atoms with Crippen LogP contribution >= 0.6 is 27.7 Å². The molecule has 0 N–H and O–H groups in total. The molecule has 0 saturated heterocycles. The van der Waals surface area contributed by atoms with Gasteiger partial charge in [0.25, 0.3) is 0 Å². The Labute approximate surface area is 131 Å². The number of benzene rings is 2. The van der Waals surface area contributed by atoms with Crippen LogP contribution in [0.25, 0.3) is 0 Å². The summed E-state index contributed by atoms with van der Waals surface area (Å²) in [5.74, 6) is -0.292. The van der Waals surface area contributed by atoms with E-state index in [2.05, 4.69) is 22.9 Å². The minimum atomic E-state index is -0.292. The normalized spacial score (nSPS) is 10.3. The van der Waals surface area contributed by atoms with Gasteiger partial charge >= 0.3 is 5.97 Å². The summed E-state index contributed by atoms with van der Waals surface area (Å²) in [5.41, 5.74) is 1.75. The number of methoxy groups -OCH3 is 1. The average Bonchev–Trinajstić information content (AvgIpc) is 2.49. The van der Waals surface area contributed by atoms with Gasteiger partial charge in [0.05, 0.1) is 12.7 Å². The summed E-state index contributed by atoms with van der Waals surface area (Å²) in [6.07, 6.45) is 0.896. The summed E-state index contributed by atoms with van der Waals surface area (Å²) >= 11 is 4.98. The maximum absolute atomic E-state index is 11.9. The largest absolute Gasteiger partial charge is 0.465 e. The number of rotatable bonds is 4. The van der Waals surface area contributed by atoms with Crippen LogP contribution < -0.4 is 0 Å². The first-order valence-electron chi connectivity index (χ1n) is 6.28. The van der Waals surface area contributed by atoms with Crippen molar-refractivity contribution in [3.8, 4) is 0 Å². The molecule has 2 nitrogen and oxygen atoms in total. The molecule has 0 fully saturated rings. The zero-order valence-electron chi connectivity index (χ0n) is 11.4. The number of aryl methyl sites for hydroxylation is 1. The van der Waals surface area contributed by atoms with Crippen LogP contribution in [0.5, 0.6) is 0 Å². The fourth-order valence-electron chi connectivity index (χ4n) is 1.79. The highest BCUT2D eigenvalue weighted by atomic mass is 79.9. The summed E-state index contributed by atoms with van der Waals surface area (Å²) < 4.78 is 5.91. The average molecular weight is 351 g/mol. The Hall–Kier alpha value is -1.26. The second kappa shape index (κ2) is 6.95. The third kappa shape index (κ3) is 3.64. The van der Waals surface area contributed by atoms with Gasteiger partial charge in [-0.2, -0.15) is 0 Å². The molecule has 0 bridgehead atoms. The van der Waals surface area contributed by atoms with E-state index in [1.165, 1.54) is 7.11 Å². The lowest BCUT2D eigenvalue weighted by molar-refractivity contribution is 0.0596. The maximum Gasteiger partial charge on any atom is 0.339 e. The van der Waals surface area contributed by atoms with E-state index < -0.39 is 0 Å². The van der Waals surface area contributed by atoms with Crippen LogP contribution in [0.3, 0.4) is 0 Å². The van der Waals surface area contributed by atoms with E-state index >= 15 is 0 Å².